The Morgan fingerprint density at radius 3 is 3.07 bits per heavy atom. The number of nitrogens with one attached hydrogen (secondary N) is 1. The number of anilines is 1. The molecule has 8 nitrogen and oxygen atoms in total. The molecule has 27 heavy (non-hydrogen) atoms. The second-order valence-corrected chi connectivity index (χ2v) is 7.33. The molecule has 0 spiro atoms. The summed E-state index contributed by atoms with van der Waals surface area (Å²) in [6.07, 6.45) is 7.55. The maximum Gasteiger partial charge on any atom is 0.348 e. The molecular weight excluding hydrogens is 364 g/mol. The number of ether oxygens (including phenoxy) is 1. The molecule has 140 valence electrons. The van der Waals surface area contributed by atoms with E-state index in [9.17, 15) is 4.79 Å². The first-order valence-corrected chi connectivity index (χ1v) is 9.49. The Bertz CT molecular complexity index is 970. The van der Waals surface area contributed by atoms with Crippen LogP contribution in [0.1, 0.15) is 33.8 Å². The number of aryl methyl sites for hydroxylation is 2. The number of hydrogen-bond acceptors (Lipinski definition) is 8. The minimum Gasteiger partial charge on any atom is -0.462 e. The molecule has 2 aromatic rings. The van der Waals surface area contributed by atoms with Crippen molar-refractivity contribution < 1.29 is 9.53 Å². The molecule has 0 bridgehead atoms. The smallest absolute Gasteiger partial charge is 0.348 e. The molecule has 0 radical (unpaired) electrons. The predicted molar refractivity (Wildman–Crippen MR) is 105 cm³/mol. The van der Waals surface area contributed by atoms with Crippen LogP contribution in [0.15, 0.2) is 40.8 Å². The number of aliphatic imine (C=N–C) groups is 2. The Morgan fingerprint density at radius 2 is 2.33 bits per heavy atom. The van der Waals surface area contributed by atoms with Gasteiger partial charge in [0.1, 0.15) is 4.88 Å². The molecule has 9 heteroatoms. The highest BCUT2D eigenvalue weighted by atomic mass is 32.1. The third-order valence-corrected chi connectivity index (χ3v) is 5.50. The lowest BCUT2D eigenvalue weighted by molar-refractivity contribution is 0.0531. The third kappa shape index (κ3) is 3.25. The van der Waals surface area contributed by atoms with Gasteiger partial charge in [-0.05, 0) is 25.5 Å². The summed E-state index contributed by atoms with van der Waals surface area (Å²) in [6, 6.07) is 2.04. The van der Waals surface area contributed by atoms with Crippen molar-refractivity contribution in [3.63, 3.8) is 0 Å². The highest BCUT2D eigenvalue weighted by Crippen LogP contribution is 2.31. The van der Waals surface area contributed by atoms with Crippen molar-refractivity contribution in [1.82, 2.24) is 14.7 Å². The standard InChI is InChI=1S/C18H20N6O2S/c1-4-26-18(25)15-11(2)7-14(27-15)22-16-17-20-9-13(24(17)6-5-19-16)12-8-21-23(3)10-12/h5-8,10,13H,4,9H2,1-3H3,(H,19,22). The summed E-state index contributed by atoms with van der Waals surface area (Å²) in [7, 11) is 1.90. The molecule has 2 aliphatic rings. The first-order valence-electron chi connectivity index (χ1n) is 8.67. The number of carbonyl (C=O) groups is 1. The third-order valence-electron chi connectivity index (χ3n) is 4.37. The summed E-state index contributed by atoms with van der Waals surface area (Å²) in [4.78, 5) is 23.8. The van der Waals surface area contributed by atoms with Crippen molar-refractivity contribution >= 4 is 34.0 Å². The topological polar surface area (TPSA) is 84.1 Å². The molecule has 4 rings (SSSR count). The zero-order valence-electron chi connectivity index (χ0n) is 15.3. The molecule has 0 saturated heterocycles. The first kappa shape index (κ1) is 17.5. The van der Waals surface area contributed by atoms with Crippen LogP contribution < -0.4 is 5.32 Å². The van der Waals surface area contributed by atoms with E-state index in [0.717, 1.165) is 22.0 Å². The lowest BCUT2D eigenvalue weighted by Gasteiger charge is -2.26. The first-order chi connectivity index (χ1) is 13.1. The van der Waals surface area contributed by atoms with Crippen molar-refractivity contribution in [1.29, 1.82) is 0 Å². The fourth-order valence-electron chi connectivity index (χ4n) is 3.13. The van der Waals surface area contributed by atoms with E-state index in [0.29, 0.717) is 23.9 Å². The Morgan fingerprint density at radius 1 is 1.48 bits per heavy atom. The van der Waals surface area contributed by atoms with Crippen LogP contribution in [0.4, 0.5) is 5.00 Å². The zero-order chi connectivity index (χ0) is 19.0. The molecule has 0 fully saturated rings. The number of nitrogens with zero attached hydrogens (tertiary/aromatic N) is 5. The average Bonchev–Trinajstić information content (AvgIpc) is 3.34. The van der Waals surface area contributed by atoms with E-state index in [-0.39, 0.29) is 12.0 Å². The van der Waals surface area contributed by atoms with Gasteiger partial charge in [0.15, 0.2) is 11.7 Å². The van der Waals surface area contributed by atoms with Gasteiger partial charge in [-0.3, -0.25) is 9.67 Å². The normalized spacial score (nSPS) is 18.2. The second-order valence-electron chi connectivity index (χ2n) is 6.28. The summed E-state index contributed by atoms with van der Waals surface area (Å²) in [6.45, 7) is 4.70. The monoisotopic (exact) mass is 384 g/mol. The largest absolute Gasteiger partial charge is 0.462 e. The van der Waals surface area contributed by atoms with E-state index in [2.05, 4.69) is 25.3 Å². The number of hydrogen-bond donors (Lipinski definition) is 1. The molecule has 2 aliphatic heterocycles. The molecule has 0 amide bonds. The summed E-state index contributed by atoms with van der Waals surface area (Å²) in [5.41, 5.74) is 1.99. The molecule has 4 heterocycles. The molecule has 0 aromatic carbocycles. The van der Waals surface area contributed by atoms with Gasteiger partial charge >= 0.3 is 5.97 Å². The number of esters is 1. The van der Waals surface area contributed by atoms with Gasteiger partial charge in [0.05, 0.1) is 30.4 Å². The Balaban J connectivity index is 1.53. The molecular formula is C18H20N6O2S. The lowest BCUT2D eigenvalue weighted by Crippen LogP contribution is -2.36. The number of aromatic nitrogens is 2. The van der Waals surface area contributed by atoms with Crippen LogP contribution in [0.2, 0.25) is 0 Å². The van der Waals surface area contributed by atoms with Crippen molar-refractivity contribution in [2.24, 2.45) is 17.0 Å². The van der Waals surface area contributed by atoms with Crippen LogP contribution >= 0.6 is 11.3 Å². The van der Waals surface area contributed by atoms with Gasteiger partial charge in [-0.15, -0.1) is 11.3 Å². The fourth-order valence-corrected chi connectivity index (χ4v) is 4.09. The van der Waals surface area contributed by atoms with Crippen LogP contribution in [0, 0.1) is 6.92 Å². The molecule has 1 N–H and O–H groups in total. The van der Waals surface area contributed by atoms with Gasteiger partial charge in [-0.2, -0.15) is 5.10 Å². The summed E-state index contributed by atoms with van der Waals surface area (Å²) in [5.74, 6) is 1.16. The number of thiophene rings is 1. The van der Waals surface area contributed by atoms with E-state index in [1.54, 1.807) is 17.8 Å². The van der Waals surface area contributed by atoms with Crippen LogP contribution in [0.5, 0.6) is 0 Å². The van der Waals surface area contributed by atoms with Crippen LogP contribution in [0.25, 0.3) is 0 Å². The summed E-state index contributed by atoms with van der Waals surface area (Å²) in [5, 5.41) is 8.39. The maximum absolute atomic E-state index is 12.0. The minimum absolute atomic E-state index is 0.109. The van der Waals surface area contributed by atoms with Gasteiger partial charge in [-0.1, -0.05) is 0 Å². The van der Waals surface area contributed by atoms with E-state index in [1.165, 1.54) is 11.3 Å². The van der Waals surface area contributed by atoms with Crippen molar-refractivity contribution in [2.45, 2.75) is 19.9 Å². The van der Waals surface area contributed by atoms with Crippen molar-refractivity contribution in [3.05, 3.63) is 46.9 Å². The summed E-state index contributed by atoms with van der Waals surface area (Å²) >= 11 is 1.36. The van der Waals surface area contributed by atoms with Crippen molar-refractivity contribution in [2.75, 3.05) is 18.5 Å². The van der Waals surface area contributed by atoms with Gasteiger partial charge in [0.25, 0.3) is 0 Å². The van der Waals surface area contributed by atoms with Gasteiger partial charge in [0, 0.05) is 31.2 Å². The van der Waals surface area contributed by atoms with Gasteiger partial charge < -0.3 is 15.0 Å². The quantitative estimate of drug-likeness (QED) is 0.820. The fraction of sp³-hybridized carbons (Fsp3) is 0.333. The zero-order valence-corrected chi connectivity index (χ0v) is 16.2. The van der Waals surface area contributed by atoms with Gasteiger partial charge in [0.2, 0.25) is 0 Å². The molecule has 0 aliphatic carbocycles. The van der Waals surface area contributed by atoms with Gasteiger partial charge in [-0.25, -0.2) is 9.79 Å². The van der Waals surface area contributed by atoms with Crippen molar-refractivity contribution in [3.8, 4) is 0 Å². The lowest BCUT2D eigenvalue weighted by atomic mass is 10.1. The van der Waals surface area contributed by atoms with E-state index in [1.807, 2.05) is 38.6 Å². The summed E-state index contributed by atoms with van der Waals surface area (Å²) < 4.78 is 6.90. The van der Waals surface area contributed by atoms with E-state index >= 15 is 0 Å². The number of amidine groups is 2. The predicted octanol–water partition coefficient (Wildman–Crippen LogP) is 2.72. The second kappa shape index (κ2) is 6.99. The number of rotatable bonds is 4. The Labute approximate surface area is 160 Å². The Hall–Kier alpha value is -2.94. The van der Waals surface area contributed by atoms with Crippen LogP contribution in [-0.2, 0) is 11.8 Å². The molecule has 0 saturated carbocycles. The highest BCUT2D eigenvalue weighted by molar-refractivity contribution is 7.18. The molecule has 2 aromatic heterocycles. The van der Waals surface area contributed by atoms with E-state index < -0.39 is 0 Å². The minimum atomic E-state index is -0.296. The number of fused-ring (bicyclic) bond motifs is 1. The molecule has 1 unspecified atom stereocenters. The van der Waals surface area contributed by atoms with E-state index in [4.69, 9.17) is 4.74 Å². The SMILES string of the molecule is CCOC(=O)c1sc(NC2=NC=CN3C2=NCC3c2cnn(C)c2)cc1C. The highest BCUT2D eigenvalue weighted by Gasteiger charge is 2.33. The molecule has 1 atom stereocenters. The van der Waals surface area contributed by atoms with Crippen LogP contribution in [0.3, 0.4) is 0 Å². The Kier molecular flexibility index (Phi) is 4.53. The van der Waals surface area contributed by atoms with Crippen LogP contribution in [-0.4, -0.2) is 45.5 Å². The average molecular weight is 384 g/mol. The maximum atomic E-state index is 12.0. The number of carbonyl (C=O) groups excluding carboxylic acids is 1.